The SMILES string of the molecule is C=C(C)CC(C)(C)CC(=C)O[C@H]1CC[C@]2(C)[C@H]3CC[C@]4(C)[C@H]5[C@H](C(=C)C)CC[C@]5(CC(=O)N(C)CC5CC(C)CC5C(=O)OC(C)(C)C)CC[C@@]4(C)[C@]3(C)CC[C@H]2C1(C)C. The maximum atomic E-state index is 14.7. The van der Waals surface area contributed by atoms with E-state index in [9.17, 15) is 9.59 Å². The third-order valence-corrected chi connectivity index (χ3v) is 19.8. The lowest BCUT2D eigenvalue weighted by molar-refractivity contribution is -0.278. The number of amides is 1. The lowest BCUT2D eigenvalue weighted by atomic mass is 9.28. The average molecular weight is 830 g/mol. The molecule has 60 heavy (non-hydrogen) atoms. The van der Waals surface area contributed by atoms with E-state index < -0.39 is 5.60 Å². The molecule has 1 amide bonds. The minimum atomic E-state index is -0.506. The van der Waals surface area contributed by atoms with Gasteiger partial charge in [0, 0.05) is 31.8 Å². The van der Waals surface area contributed by atoms with Crippen molar-refractivity contribution in [2.24, 2.45) is 79.3 Å². The van der Waals surface area contributed by atoms with Crippen molar-refractivity contribution in [1.29, 1.82) is 0 Å². The van der Waals surface area contributed by atoms with Crippen molar-refractivity contribution in [3.05, 3.63) is 36.6 Å². The highest BCUT2D eigenvalue weighted by Gasteiger charge is 2.74. The van der Waals surface area contributed by atoms with Gasteiger partial charge in [-0.2, -0.15) is 0 Å². The molecule has 6 aliphatic rings. The Morgan fingerprint density at radius 3 is 2.00 bits per heavy atom. The van der Waals surface area contributed by atoms with Crippen molar-refractivity contribution >= 4 is 11.9 Å². The molecule has 0 radical (unpaired) electrons. The number of allylic oxidation sites excluding steroid dienone is 3. The van der Waals surface area contributed by atoms with Crippen molar-refractivity contribution < 1.29 is 19.1 Å². The molecule has 0 aromatic carbocycles. The number of rotatable bonds is 12. The third-order valence-electron chi connectivity index (χ3n) is 19.8. The molecule has 340 valence electrons. The number of hydrogen-bond donors (Lipinski definition) is 0. The number of esters is 1. The number of carbonyl (C=O) groups is 2. The molecule has 5 nitrogen and oxygen atoms in total. The fraction of sp³-hybridized carbons (Fsp3) is 0.855. The fourth-order valence-corrected chi connectivity index (χ4v) is 17.2. The smallest absolute Gasteiger partial charge is 0.309 e. The number of ether oxygens (including phenoxy) is 2. The summed E-state index contributed by atoms with van der Waals surface area (Å²) in [6, 6.07) is 0. The summed E-state index contributed by atoms with van der Waals surface area (Å²) in [6.07, 6.45) is 16.4. The van der Waals surface area contributed by atoms with Crippen LogP contribution < -0.4 is 0 Å². The Morgan fingerprint density at radius 1 is 0.750 bits per heavy atom. The van der Waals surface area contributed by atoms with Gasteiger partial charge < -0.3 is 14.4 Å². The minimum absolute atomic E-state index is 0.0141. The molecule has 5 heteroatoms. The molecule has 6 aliphatic carbocycles. The van der Waals surface area contributed by atoms with Crippen LogP contribution >= 0.6 is 0 Å². The molecule has 0 aromatic heterocycles. The number of nitrogens with zero attached hydrogens (tertiary/aromatic N) is 1. The predicted molar refractivity (Wildman–Crippen MR) is 249 cm³/mol. The number of carbonyl (C=O) groups excluding carboxylic acids is 2. The Balaban J connectivity index is 1.22. The summed E-state index contributed by atoms with van der Waals surface area (Å²) in [5.74, 6) is 3.76. The van der Waals surface area contributed by atoms with Crippen LogP contribution in [0.25, 0.3) is 0 Å². The zero-order chi connectivity index (χ0) is 44.8. The highest BCUT2D eigenvalue weighted by Crippen LogP contribution is 2.81. The summed E-state index contributed by atoms with van der Waals surface area (Å²) in [6.45, 7) is 47.0. The molecule has 0 N–H and O–H groups in total. The van der Waals surface area contributed by atoms with Crippen LogP contribution in [-0.2, 0) is 19.1 Å². The van der Waals surface area contributed by atoms with Gasteiger partial charge in [0.15, 0.2) is 0 Å². The fourth-order valence-electron chi connectivity index (χ4n) is 17.2. The average Bonchev–Trinajstić information content (AvgIpc) is 3.66. The van der Waals surface area contributed by atoms with Gasteiger partial charge in [0.05, 0.1) is 11.7 Å². The highest BCUT2D eigenvalue weighted by atomic mass is 16.6. The van der Waals surface area contributed by atoms with Crippen molar-refractivity contribution in [3.8, 4) is 0 Å². The van der Waals surface area contributed by atoms with Crippen LogP contribution in [0.3, 0.4) is 0 Å². The van der Waals surface area contributed by atoms with Gasteiger partial charge in [-0.15, -0.1) is 6.58 Å². The van der Waals surface area contributed by atoms with Crippen molar-refractivity contribution in [2.45, 2.75) is 205 Å². The molecule has 6 saturated carbocycles. The molecular weight excluding hydrogens is 739 g/mol. The van der Waals surface area contributed by atoms with Crippen molar-refractivity contribution in [1.82, 2.24) is 4.90 Å². The Labute approximate surface area is 369 Å². The lowest BCUT2D eigenvalue weighted by Gasteiger charge is -2.76. The van der Waals surface area contributed by atoms with Gasteiger partial charge in [-0.1, -0.05) is 86.6 Å². The molecule has 0 saturated heterocycles. The second-order valence-corrected chi connectivity index (χ2v) is 26.1. The molecule has 0 aliphatic heterocycles. The van der Waals surface area contributed by atoms with Gasteiger partial charge in [-0.3, -0.25) is 9.59 Å². The Kier molecular flexibility index (Phi) is 12.6. The Bertz CT molecular complexity index is 1700. The van der Waals surface area contributed by atoms with E-state index in [1.807, 2.05) is 32.7 Å². The quantitative estimate of drug-likeness (QED) is 0.112. The molecule has 6 fully saturated rings. The number of fused-ring (bicyclic) bond motifs is 7. The summed E-state index contributed by atoms with van der Waals surface area (Å²) in [5.41, 5.74) is 2.93. The van der Waals surface area contributed by atoms with E-state index in [1.165, 1.54) is 49.7 Å². The van der Waals surface area contributed by atoms with E-state index in [0.717, 1.165) is 57.1 Å². The first-order chi connectivity index (χ1) is 27.5. The number of hydrogen-bond acceptors (Lipinski definition) is 4. The molecule has 0 aromatic rings. The molecule has 6 rings (SSSR count). The van der Waals surface area contributed by atoms with Crippen molar-refractivity contribution in [2.75, 3.05) is 13.6 Å². The van der Waals surface area contributed by atoms with Crippen LogP contribution in [-0.4, -0.2) is 42.1 Å². The first-order valence-electron chi connectivity index (χ1n) is 24.6. The second-order valence-electron chi connectivity index (χ2n) is 26.1. The van der Waals surface area contributed by atoms with Gasteiger partial charge in [0.2, 0.25) is 5.91 Å². The molecule has 13 atom stereocenters. The van der Waals surface area contributed by atoms with E-state index >= 15 is 0 Å². The lowest BCUT2D eigenvalue weighted by Crippen LogP contribution is -2.69. The maximum Gasteiger partial charge on any atom is 0.309 e. The van der Waals surface area contributed by atoms with Crippen LogP contribution in [0.2, 0.25) is 0 Å². The van der Waals surface area contributed by atoms with E-state index in [4.69, 9.17) is 9.47 Å². The Hall–Kier alpha value is -2.04. The van der Waals surface area contributed by atoms with E-state index in [1.54, 1.807) is 0 Å². The molecule has 3 unspecified atom stereocenters. The summed E-state index contributed by atoms with van der Waals surface area (Å²) in [7, 11) is 2.01. The van der Waals surface area contributed by atoms with Crippen LogP contribution in [0.15, 0.2) is 36.6 Å². The summed E-state index contributed by atoms with van der Waals surface area (Å²) >= 11 is 0. The first-order valence-corrected chi connectivity index (χ1v) is 24.6. The maximum absolute atomic E-state index is 14.7. The summed E-state index contributed by atoms with van der Waals surface area (Å²) < 4.78 is 12.8. The molecular formula is C55H91NO4. The monoisotopic (exact) mass is 830 g/mol. The van der Waals surface area contributed by atoms with E-state index in [-0.39, 0.29) is 67.7 Å². The molecule has 0 bridgehead atoms. The van der Waals surface area contributed by atoms with E-state index in [0.29, 0.717) is 42.6 Å². The van der Waals surface area contributed by atoms with Crippen LogP contribution in [0.4, 0.5) is 0 Å². The standard InChI is InChI=1S/C55H91NO4/c1-35(2)31-49(10,11)32-38(6)59-44-22-23-51(14)42(50(44,12)13)20-24-52(15)43(51)21-25-53(16)46-40(36(3)4)19-26-55(46,28-27-54(52,53)17)33-45(57)56(18)34-39-29-37(5)30-41(39)47(58)60-48(7,8)9/h37,39-44,46H,1,3,6,19-34H2,2,4-5,7-18H3/t37?,39?,40-,41?,42-,43+,44-,46+,51-,52+,53+,54-,55+/m0/s1. The van der Waals surface area contributed by atoms with Crippen LogP contribution in [0, 0.1) is 79.3 Å². The van der Waals surface area contributed by atoms with Crippen molar-refractivity contribution in [3.63, 3.8) is 0 Å². The minimum Gasteiger partial charge on any atom is -0.495 e. The van der Waals surface area contributed by atoms with E-state index in [2.05, 4.69) is 95.9 Å². The molecule has 0 heterocycles. The first kappa shape index (κ1) is 47.4. The zero-order valence-corrected chi connectivity index (χ0v) is 41.6. The van der Waals surface area contributed by atoms with Gasteiger partial charge in [-0.05, 0) is 186 Å². The molecule has 0 spiro atoms. The van der Waals surface area contributed by atoms with Crippen LogP contribution in [0.1, 0.15) is 193 Å². The summed E-state index contributed by atoms with van der Waals surface area (Å²) in [5, 5.41) is 0. The van der Waals surface area contributed by atoms with Gasteiger partial charge in [0.1, 0.15) is 11.7 Å². The topological polar surface area (TPSA) is 55.8 Å². The largest absolute Gasteiger partial charge is 0.495 e. The normalized spacial score (nSPS) is 42.2. The Morgan fingerprint density at radius 2 is 1.38 bits per heavy atom. The zero-order valence-electron chi connectivity index (χ0n) is 41.6. The van der Waals surface area contributed by atoms with Gasteiger partial charge >= 0.3 is 5.97 Å². The van der Waals surface area contributed by atoms with Crippen LogP contribution in [0.5, 0.6) is 0 Å². The van der Waals surface area contributed by atoms with Gasteiger partial charge in [-0.25, -0.2) is 0 Å². The third kappa shape index (κ3) is 8.04. The van der Waals surface area contributed by atoms with Gasteiger partial charge in [0.25, 0.3) is 0 Å². The summed E-state index contributed by atoms with van der Waals surface area (Å²) in [4.78, 5) is 30.0. The predicted octanol–water partition coefficient (Wildman–Crippen LogP) is 14.2. The second kappa shape index (κ2) is 15.9. The highest BCUT2D eigenvalue weighted by molar-refractivity contribution is 5.77.